The van der Waals surface area contributed by atoms with Crippen LogP contribution in [0.1, 0.15) is 38.6 Å². The first-order valence-electron chi connectivity index (χ1n) is 11.8. The van der Waals surface area contributed by atoms with Crippen molar-refractivity contribution in [3.8, 4) is 17.2 Å². The molecular weight excluding hydrogens is 412 g/mol. The summed E-state index contributed by atoms with van der Waals surface area (Å²) in [5.74, 6) is 4.26. The molecule has 2 aromatic heterocycles. The summed E-state index contributed by atoms with van der Waals surface area (Å²) in [4.78, 5) is 4.10. The lowest BCUT2D eigenvalue weighted by molar-refractivity contribution is 0.218. The van der Waals surface area contributed by atoms with Gasteiger partial charge in [-0.05, 0) is 79.0 Å². The van der Waals surface area contributed by atoms with Crippen molar-refractivity contribution in [3.63, 3.8) is 0 Å². The van der Waals surface area contributed by atoms with Gasteiger partial charge < -0.3 is 14.5 Å². The Bertz CT molecular complexity index is 1040. The zero-order chi connectivity index (χ0) is 23.2. The number of allylic oxidation sites excluding steroid dienone is 1. The highest BCUT2D eigenvalue weighted by Crippen LogP contribution is 2.39. The van der Waals surface area contributed by atoms with Gasteiger partial charge in [-0.25, -0.2) is 0 Å². The van der Waals surface area contributed by atoms with Crippen LogP contribution in [-0.4, -0.2) is 28.8 Å². The van der Waals surface area contributed by atoms with Crippen LogP contribution in [0.25, 0.3) is 11.5 Å². The van der Waals surface area contributed by atoms with Crippen LogP contribution in [0, 0.1) is 23.7 Å². The highest BCUT2D eigenvalue weighted by atomic mass is 16.5. The van der Waals surface area contributed by atoms with Gasteiger partial charge in [0.1, 0.15) is 5.75 Å². The smallest absolute Gasteiger partial charge is 0.247 e. The van der Waals surface area contributed by atoms with Gasteiger partial charge in [0.05, 0.1) is 7.11 Å². The molecule has 6 heteroatoms. The van der Waals surface area contributed by atoms with Crippen LogP contribution in [0.5, 0.6) is 5.75 Å². The first-order chi connectivity index (χ1) is 16.0. The number of hydrogen-bond donors (Lipinski definition) is 1. The molecule has 2 heterocycles. The molecule has 1 aliphatic carbocycles. The Morgan fingerprint density at radius 3 is 2.55 bits per heavy atom. The molecule has 0 saturated heterocycles. The maximum atomic E-state index is 6.02. The average Bonchev–Trinajstić information content (AvgIpc) is 3.30. The van der Waals surface area contributed by atoms with E-state index in [1.165, 1.54) is 11.1 Å². The maximum Gasteiger partial charge on any atom is 0.247 e. The van der Waals surface area contributed by atoms with Gasteiger partial charge in [-0.2, -0.15) is 0 Å². The molecular formula is C27H34N4O2. The minimum atomic E-state index is 0.429. The summed E-state index contributed by atoms with van der Waals surface area (Å²) in [7, 11) is 1.66. The second-order valence-electron chi connectivity index (χ2n) is 9.33. The third-order valence-corrected chi connectivity index (χ3v) is 6.77. The van der Waals surface area contributed by atoms with Crippen molar-refractivity contribution >= 4 is 0 Å². The number of ether oxygens (including phenoxy) is 1. The molecule has 0 radical (unpaired) electrons. The zero-order valence-electron chi connectivity index (χ0n) is 20.0. The van der Waals surface area contributed by atoms with Crippen LogP contribution in [0.15, 0.2) is 64.9 Å². The summed E-state index contributed by atoms with van der Waals surface area (Å²) in [6.45, 7) is 8.77. The molecule has 3 aromatic rings. The van der Waals surface area contributed by atoms with Crippen molar-refractivity contribution in [1.82, 2.24) is 20.5 Å². The van der Waals surface area contributed by atoms with E-state index in [-0.39, 0.29) is 0 Å². The number of benzene rings is 1. The van der Waals surface area contributed by atoms with Gasteiger partial charge in [0, 0.05) is 37.5 Å². The van der Waals surface area contributed by atoms with Crippen LogP contribution >= 0.6 is 0 Å². The van der Waals surface area contributed by atoms with Gasteiger partial charge in [0.25, 0.3) is 0 Å². The van der Waals surface area contributed by atoms with Crippen molar-refractivity contribution in [2.75, 3.05) is 13.7 Å². The molecule has 0 amide bonds. The van der Waals surface area contributed by atoms with E-state index in [0.29, 0.717) is 35.5 Å². The van der Waals surface area contributed by atoms with Crippen molar-refractivity contribution in [1.29, 1.82) is 0 Å². The summed E-state index contributed by atoms with van der Waals surface area (Å²) < 4.78 is 11.3. The molecule has 0 spiro atoms. The maximum absolute atomic E-state index is 6.02. The third-order valence-electron chi connectivity index (χ3n) is 6.77. The number of pyridine rings is 1. The van der Waals surface area contributed by atoms with Gasteiger partial charge >= 0.3 is 0 Å². The fourth-order valence-corrected chi connectivity index (χ4v) is 4.79. The van der Waals surface area contributed by atoms with Gasteiger partial charge in [-0.1, -0.05) is 25.5 Å². The molecule has 3 atom stereocenters. The van der Waals surface area contributed by atoms with Gasteiger partial charge in [-0.15, -0.1) is 10.2 Å². The highest BCUT2D eigenvalue weighted by molar-refractivity contribution is 5.53. The molecule has 3 unspecified atom stereocenters. The Labute approximate surface area is 196 Å². The van der Waals surface area contributed by atoms with E-state index in [4.69, 9.17) is 9.15 Å². The summed E-state index contributed by atoms with van der Waals surface area (Å²) in [6, 6.07) is 11.8. The second kappa shape index (κ2) is 10.8. The SMILES string of the molecule is COc1ccc(-c2nnc(CC3CC(C(C)C)C(CNCc4ccncc4)C=C3C)o2)cc1. The lowest BCUT2D eigenvalue weighted by atomic mass is 9.70. The number of rotatable bonds is 9. The predicted molar refractivity (Wildman–Crippen MR) is 130 cm³/mol. The number of nitrogens with one attached hydrogen (secondary N) is 1. The summed E-state index contributed by atoms with van der Waals surface area (Å²) in [5, 5.41) is 12.3. The van der Waals surface area contributed by atoms with Crippen molar-refractivity contribution in [2.24, 2.45) is 23.7 Å². The fourth-order valence-electron chi connectivity index (χ4n) is 4.79. The first-order valence-corrected chi connectivity index (χ1v) is 11.8. The van der Waals surface area contributed by atoms with Gasteiger partial charge in [0.2, 0.25) is 11.8 Å². The molecule has 174 valence electrons. The Morgan fingerprint density at radius 2 is 1.85 bits per heavy atom. The van der Waals surface area contributed by atoms with Crippen LogP contribution in [-0.2, 0) is 13.0 Å². The number of methoxy groups -OCH3 is 1. The van der Waals surface area contributed by atoms with E-state index in [2.05, 4.69) is 59.5 Å². The standard InChI is InChI=1S/C27H34N4O2/c1-18(2)25-14-22(19(3)13-23(25)17-29-16-20-9-11-28-12-10-20)15-26-30-31-27(33-26)21-5-7-24(32-4)8-6-21/h5-13,18,22-23,25,29H,14-17H2,1-4H3. The minimum absolute atomic E-state index is 0.429. The topological polar surface area (TPSA) is 73.1 Å². The van der Waals surface area contributed by atoms with E-state index in [0.717, 1.165) is 37.2 Å². The van der Waals surface area contributed by atoms with Crippen molar-refractivity contribution < 1.29 is 9.15 Å². The largest absolute Gasteiger partial charge is 0.497 e. The van der Waals surface area contributed by atoms with Gasteiger partial charge in [-0.3, -0.25) is 4.98 Å². The molecule has 1 aliphatic rings. The lowest BCUT2D eigenvalue weighted by Gasteiger charge is -2.37. The van der Waals surface area contributed by atoms with Crippen LogP contribution < -0.4 is 10.1 Å². The summed E-state index contributed by atoms with van der Waals surface area (Å²) >= 11 is 0. The van der Waals surface area contributed by atoms with Crippen molar-refractivity contribution in [2.45, 2.75) is 40.2 Å². The number of hydrogen-bond acceptors (Lipinski definition) is 6. The molecule has 0 aliphatic heterocycles. The first kappa shape index (κ1) is 23.2. The second-order valence-corrected chi connectivity index (χ2v) is 9.33. The Hall–Kier alpha value is -2.99. The lowest BCUT2D eigenvalue weighted by Crippen LogP contribution is -2.34. The van der Waals surface area contributed by atoms with Crippen molar-refractivity contribution in [3.05, 3.63) is 71.9 Å². The molecule has 0 bridgehead atoms. The Morgan fingerprint density at radius 1 is 1.09 bits per heavy atom. The summed E-state index contributed by atoms with van der Waals surface area (Å²) in [6.07, 6.45) is 8.09. The molecule has 0 fully saturated rings. The highest BCUT2D eigenvalue weighted by Gasteiger charge is 2.32. The zero-order valence-corrected chi connectivity index (χ0v) is 20.0. The van der Waals surface area contributed by atoms with E-state index in [1.54, 1.807) is 7.11 Å². The quantitative estimate of drug-likeness (QED) is 0.448. The monoisotopic (exact) mass is 446 g/mol. The molecule has 1 N–H and O–H groups in total. The van der Waals surface area contributed by atoms with Crippen LogP contribution in [0.2, 0.25) is 0 Å². The normalized spacial score (nSPS) is 20.6. The van der Waals surface area contributed by atoms with E-state index in [1.807, 2.05) is 36.7 Å². The van der Waals surface area contributed by atoms with E-state index < -0.39 is 0 Å². The Kier molecular flexibility index (Phi) is 7.55. The molecule has 33 heavy (non-hydrogen) atoms. The molecule has 6 nitrogen and oxygen atoms in total. The minimum Gasteiger partial charge on any atom is -0.497 e. The summed E-state index contributed by atoms with van der Waals surface area (Å²) in [5.41, 5.74) is 3.60. The molecule has 0 saturated carbocycles. The van der Waals surface area contributed by atoms with E-state index >= 15 is 0 Å². The predicted octanol–water partition coefficient (Wildman–Crippen LogP) is 5.33. The number of nitrogens with zero attached hydrogens (tertiary/aromatic N) is 3. The Balaban J connectivity index is 1.40. The fraction of sp³-hybridized carbons (Fsp3) is 0.444. The molecule has 4 rings (SSSR count). The van der Waals surface area contributed by atoms with Crippen LogP contribution in [0.4, 0.5) is 0 Å². The van der Waals surface area contributed by atoms with Crippen LogP contribution in [0.3, 0.4) is 0 Å². The molecule has 1 aromatic carbocycles. The average molecular weight is 447 g/mol. The third kappa shape index (κ3) is 5.88. The van der Waals surface area contributed by atoms with E-state index in [9.17, 15) is 0 Å². The number of aromatic nitrogens is 3. The van der Waals surface area contributed by atoms with Gasteiger partial charge in [0.15, 0.2) is 0 Å².